The molecule has 1 fully saturated rings. The third-order valence-electron chi connectivity index (χ3n) is 4.18. The molecule has 1 amide bonds. The molecular formula is C18H16BrN3O2. The van der Waals surface area contributed by atoms with Crippen LogP contribution in [0.4, 0.5) is 11.5 Å². The Hall–Kier alpha value is -2.34. The second-order valence-electron chi connectivity index (χ2n) is 5.82. The van der Waals surface area contributed by atoms with Gasteiger partial charge < -0.3 is 14.6 Å². The first-order valence-electron chi connectivity index (χ1n) is 7.91. The second kappa shape index (κ2) is 6.28. The molecule has 0 saturated carbocycles. The van der Waals surface area contributed by atoms with Gasteiger partial charge in [-0.3, -0.25) is 4.79 Å². The van der Waals surface area contributed by atoms with Gasteiger partial charge in [0.2, 0.25) is 0 Å². The number of halogens is 1. The molecule has 0 atom stereocenters. The molecule has 122 valence electrons. The molecule has 1 aliphatic heterocycles. The van der Waals surface area contributed by atoms with Crippen molar-refractivity contribution in [2.75, 3.05) is 23.3 Å². The third kappa shape index (κ3) is 2.89. The third-order valence-corrected chi connectivity index (χ3v) is 4.80. The van der Waals surface area contributed by atoms with Gasteiger partial charge in [-0.2, -0.15) is 0 Å². The number of rotatable bonds is 3. The lowest BCUT2D eigenvalue weighted by Gasteiger charge is -2.17. The molecular weight excluding hydrogens is 370 g/mol. The lowest BCUT2D eigenvalue weighted by Crippen LogP contribution is -2.18. The van der Waals surface area contributed by atoms with E-state index in [9.17, 15) is 4.79 Å². The molecule has 4 rings (SSSR count). The van der Waals surface area contributed by atoms with Crippen molar-refractivity contribution >= 4 is 44.3 Å². The molecule has 0 aliphatic carbocycles. The first-order chi connectivity index (χ1) is 11.7. The van der Waals surface area contributed by atoms with Gasteiger partial charge in [0, 0.05) is 18.5 Å². The number of anilines is 2. The maximum atomic E-state index is 12.4. The largest absolute Gasteiger partial charge is 0.450 e. The summed E-state index contributed by atoms with van der Waals surface area (Å²) in [4.78, 5) is 19.0. The van der Waals surface area contributed by atoms with Crippen molar-refractivity contribution in [3.63, 3.8) is 0 Å². The van der Waals surface area contributed by atoms with E-state index in [2.05, 4.69) is 31.1 Å². The molecule has 0 unspecified atom stereocenters. The van der Waals surface area contributed by atoms with Crippen molar-refractivity contribution in [2.45, 2.75) is 12.8 Å². The summed E-state index contributed by atoms with van der Waals surface area (Å²) in [6.45, 7) is 2.14. The molecule has 1 aromatic carbocycles. The Morgan fingerprint density at radius 1 is 1.21 bits per heavy atom. The predicted molar refractivity (Wildman–Crippen MR) is 97.6 cm³/mol. The van der Waals surface area contributed by atoms with Gasteiger partial charge >= 0.3 is 0 Å². The molecule has 0 spiro atoms. The average Bonchev–Trinajstić information content (AvgIpc) is 3.26. The minimum absolute atomic E-state index is 0.266. The number of carbonyl (C=O) groups excluding carboxylic acids is 1. The average molecular weight is 386 g/mol. The van der Waals surface area contributed by atoms with E-state index in [1.165, 1.54) is 12.8 Å². The lowest BCUT2D eigenvalue weighted by atomic mass is 10.2. The Kier molecular flexibility index (Phi) is 3.98. The maximum absolute atomic E-state index is 12.4. The van der Waals surface area contributed by atoms with Crippen LogP contribution in [-0.4, -0.2) is 24.0 Å². The quantitative estimate of drug-likeness (QED) is 0.723. The number of benzene rings is 1. The van der Waals surface area contributed by atoms with Crippen LogP contribution in [0.5, 0.6) is 0 Å². The van der Waals surface area contributed by atoms with Crippen LogP contribution in [-0.2, 0) is 0 Å². The molecule has 6 heteroatoms. The lowest BCUT2D eigenvalue weighted by molar-refractivity contribution is 0.0998. The van der Waals surface area contributed by atoms with E-state index in [0.29, 0.717) is 11.4 Å². The van der Waals surface area contributed by atoms with E-state index in [0.717, 1.165) is 28.6 Å². The minimum Gasteiger partial charge on any atom is -0.450 e. The van der Waals surface area contributed by atoms with Gasteiger partial charge in [-0.1, -0.05) is 12.1 Å². The van der Waals surface area contributed by atoms with Crippen molar-refractivity contribution in [2.24, 2.45) is 0 Å². The molecule has 1 saturated heterocycles. The van der Waals surface area contributed by atoms with E-state index in [-0.39, 0.29) is 11.7 Å². The molecule has 1 N–H and O–H groups in total. The number of para-hydroxylation sites is 1. The van der Waals surface area contributed by atoms with Gasteiger partial charge in [-0.25, -0.2) is 4.98 Å². The van der Waals surface area contributed by atoms with E-state index in [1.54, 1.807) is 12.3 Å². The molecule has 5 nitrogen and oxygen atoms in total. The van der Waals surface area contributed by atoms with Gasteiger partial charge in [0.05, 0.1) is 16.4 Å². The number of amides is 1. The van der Waals surface area contributed by atoms with Crippen molar-refractivity contribution in [1.29, 1.82) is 0 Å². The summed E-state index contributed by atoms with van der Waals surface area (Å²) in [7, 11) is 0. The van der Waals surface area contributed by atoms with Gasteiger partial charge in [0.1, 0.15) is 11.4 Å². The normalized spacial score (nSPS) is 14.3. The number of fused-ring (bicyclic) bond motifs is 1. The van der Waals surface area contributed by atoms with E-state index < -0.39 is 0 Å². The Morgan fingerprint density at radius 2 is 2.04 bits per heavy atom. The standard InChI is InChI=1S/C18H16BrN3O2/c19-14-5-3-4-12-10-15(24-17(12)14)18(23)21-16-7-6-13(11-20-16)22-8-1-2-9-22/h3-7,10-11H,1-2,8-9H2,(H,20,21,23). The Labute approximate surface area is 147 Å². The molecule has 0 bridgehead atoms. The van der Waals surface area contributed by atoms with Crippen LogP contribution in [0, 0.1) is 0 Å². The zero-order valence-electron chi connectivity index (χ0n) is 13.0. The zero-order valence-corrected chi connectivity index (χ0v) is 14.5. The summed E-state index contributed by atoms with van der Waals surface area (Å²) >= 11 is 3.42. The number of aromatic nitrogens is 1. The van der Waals surface area contributed by atoms with Crippen LogP contribution >= 0.6 is 15.9 Å². The number of nitrogens with zero attached hydrogens (tertiary/aromatic N) is 2. The molecule has 24 heavy (non-hydrogen) atoms. The summed E-state index contributed by atoms with van der Waals surface area (Å²) in [5.74, 6) is 0.476. The number of hydrogen-bond donors (Lipinski definition) is 1. The van der Waals surface area contributed by atoms with E-state index in [1.807, 2.05) is 30.3 Å². The highest BCUT2D eigenvalue weighted by molar-refractivity contribution is 9.10. The van der Waals surface area contributed by atoms with Crippen LogP contribution in [0.1, 0.15) is 23.4 Å². The number of nitrogens with one attached hydrogen (secondary N) is 1. The van der Waals surface area contributed by atoms with E-state index in [4.69, 9.17) is 4.42 Å². The number of furan rings is 1. The molecule has 1 aliphatic rings. The highest BCUT2D eigenvalue weighted by Gasteiger charge is 2.16. The fourth-order valence-electron chi connectivity index (χ4n) is 2.94. The minimum atomic E-state index is -0.306. The van der Waals surface area contributed by atoms with Gasteiger partial charge in [0.25, 0.3) is 5.91 Å². The SMILES string of the molecule is O=C(Nc1ccc(N2CCCC2)cn1)c1cc2cccc(Br)c2o1. The van der Waals surface area contributed by atoms with Crippen molar-refractivity contribution in [3.05, 3.63) is 52.8 Å². The number of carbonyl (C=O) groups is 1. The fraction of sp³-hybridized carbons (Fsp3) is 0.222. The van der Waals surface area contributed by atoms with E-state index >= 15 is 0 Å². The topological polar surface area (TPSA) is 58.4 Å². The summed E-state index contributed by atoms with van der Waals surface area (Å²) in [5.41, 5.74) is 1.76. The summed E-state index contributed by atoms with van der Waals surface area (Å²) in [6, 6.07) is 11.2. The summed E-state index contributed by atoms with van der Waals surface area (Å²) in [5, 5.41) is 3.66. The van der Waals surface area contributed by atoms with Crippen LogP contribution in [0.2, 0.25) is 0 Å². The van der Waals surface area contributed by atoms with Crippen molar-refractivity contribution in [1.82, 2.24) is 4.98 Å². The highest BCUT2D eigenvalue weighted by Crippen LogP contribution is 2.27. The van der Waals surface area contributed by atoms with Crippen LogP contribution < -0.4 is 10.2 Å². The first kappa shape index (κ1) is 15.2. The summed E-state index contributed by atoms with van der Waals surface area (Å²) < 4.78 is 6.47. The molecule has 0 radical (unpaired) electrons. The van der Waals surface area contributed by atoms with Gasteiger partial charge in [0.15, 0.2) is 5.76 Å². The predicted octanol–water partition coefficient (Wildman–Crippen LogP) is 4.44. The molecule has 3 aromatic rings. The van der Waals surface area contributed by atoms with Crippen LogP contribution in [0.15, 0.2) is 51.5 Å². The molecule has 2 aromatic heterocycles. The smallest absolute Gasteiger partial charge is 0.292 e. The monoisotopic (exact) mass is 385 g/mol. The first-order valence-corrected chi connectivity index (χ1v) is 8.70. The van der Waals surface area contributed by atoms with Crippen LogP contribution in [0.3, 0.4) is 0 Å². The zero-order chi connectivity index (χ0) is 16.5. The Balaban J connectivity index is 1.51. The summed E-state index contributed by atoms with van der Waals surface area (Å²) in [6.07, 6.45) is 4.25. The van der Waals surface area contributed by atoms with Gasteiger partial charge in [-0.15, -0.1) is 0 Å². The van der Waals surface area contributed by atoms with Crippen LogP contribution in [0.25, 0.3) is 11.0 Å². The Bertz CT molecular complexity index is 883. The number of hydrogen-bond acceptors (Lipinski definition) is 4. The number of pyridine rings is 1. The Morgan fingerprint density at radius 3 is 2.75 bits per heavy atom. The highest BCUT2D eigenvalue weighted by atomic mass is 79.9. The second-order valence-corrected chi connectivity index (χ2v) is 6.67. The van der Waals surface area contributed by atoms with Crippen molar-refractivity contribution in [3.8, 4) is 0 Å². The van der Waals surface area contributed by atoms with Crippen molar-refractivity contribution < 1.29 is 9.21 Å². The maximum Gasteiger partial charge on any atom is 0.292 e. The molecule has 3 heterocycles. The fourth-order valence-corrected chi connectivity index (χ4v) is 3.40. The van der Waals surface area contributed by atoms with Gasteiger partial charge in [-0.05, 0) is 53.0 Å².